The van der Waals surface area contributed by atoms with E-state index >= 15 is 0 Å². The first kappa shape index (κ1) is 19.9. The molecule has 6 rings (SSSR count). The fourth-order valence-corrected chi connectivity index (χ4v) is 4.39. The second-order valence-corrected chi connectivity index (χ2v) is 8.84. The molecule has 3 aromatic heterocycles. The summed E-state index contributed by atoms with van der Waals surface area (Å²) in [6, 6.07) is 16.0. The van der Waals surface area contributed by atoms with Crippen LogP contribution >= 0.6 is 0 Å². The number of nitrogens with one attached hydrogen (secondary N) is 1. The molecule has 166 valence electrons. The lowest BCUT2D eigenvalue weighted by atomic mass is 10.1. The maximum absolute atomic E-state index is 12.5. The highest BCUT2D eigenvalue weighted by molar-refractivity contribution is 5.96. The fraction of sp³-hybridized carbons (Fsp3) is 0.280. The zero-order valence-electron chi connectivity index (χ0n) is 18.2. The van der Waals surface area contributed by atoms with E-state index in [1.807, 2.05) is 35.0 Å². The largest absolute Gasteiger partial charge is 0.366 e. The van der Waals surface area contributed by atoms with Crippen LogP contribution in [0.3, 0.4) is 0 Å². The SMILES string of the molecule is N[C@H]1CC(=O)N(c2cc(NCc3ccc(-c4ccccn4)cc3)n3ncc(C4CC4)c3n2)C1. The Hall–Kier alpha value is -3.78. The maximum atomic E-state index is 12.5. The fourth-order valence-electron chi connectivity index (χ4n) is 4.39. The second kappa shape index (κ2) is 7.97. The van der Waals surface area contributed by atoms with Gasteiger partial charge in [-0.3, -0.25) is 14.7 Å². The molecule has 0 radical (unpaired) electrons. The van der Waals surface area contributed by atoms with Gasteiger partial charge in [0.1, 0.15) is 11.6 Å². The smallest absolute Gasteiger partial charge is 0.229 e. The number of nitrogens with two attached hydrogens (primary N) is 1. The summed E-state index contributed by atoms with van der Waals surface area (Å²) in [6.07, 6.45) is 6.38. The molecule has 1 saturated carbocycles. The minimum atomic E-state index is -0.155. The predicted molar refractivity (Wildman–Crippen MR) is 127 cm³/mol. The van der Waals surface area contributed by atoms with Crippen molar-refractivity contribution in [2.24, 2.45) is 5.73 Å². The molecule has 2 fully saturated rings. The molecule has 0 unspecified atom stereocenters. The molecular formula is C25H25N7O. The van der Waals surface area contributed by atoms with Gasteiger partial charge in [-0.2, -0.15) is 9.61 Å². The molecule has 8 nitrogen and oxygen atoms in total. The summed E-state index contributed by atoms with van der Waals surface area (Å²) in [5, 5.41) is 8.10. The van der Waals surface area contributed by atoms with Crippen molar-refractivity contribution in [2.75, 3.05) is 16.8 Å². The summed E-state index contributed by atoms with van der Waals surface area (Å²) in [4.78, 5) is 23.4. The van der Waals surface area contributed by atoms with Crippen molar-refractivity contribution < 1.29 is 4.79 Å². The van der Waals surface area contributed by atoms with Crippen LogP contribution in [0.2, 0.25) is 0 Å². The molecule has 33 heavy (non-hydrogen) atoms. The Bertz CT molecular complexity index is 1310. The third-order valence-electron chi connectivity index (χ3n) is 6.32. The van der Waals surface area contributed by atoms with Crippen molar-refractivity contribution in [3.05, 3.63) is 72.1 Å². The Morgan fingerprint density at radius 3 is 2.67 bits per heavy atom. The first-order valence-electron chi connectivity index (χ1n) is 11.3. The number of hydrogen-bond acceptors (Lipinski definition) is 6. The van der Waals surface area contributed by atoms with Crippen molar-refractivity contribution >= 4 is 23.2 Å². The predicted octanol–water partition coefficient (Wildman–Crippen LogP) is 3.34. The van der Waals surface area contributed by atoms with Gasteiger partial charge < -0.3 is 11.1 Å². The topological polar surface area (TPSA) is 101 Å². The number of nitrogens with zero attached hydrogens (tertiary/aromatic N) is 5. The molecule has 1 aromatic carbocycles. The zero-order valence-corrected chi connectivity index (χ0v) is 18.2. The van der Waals surface area contributed by atoms with Crippen LogP contribution < -0.4 is 16.0 Å². The molecule has 8 heteroatoms. The van der Waals surface area contributed by atoms with Gasteiger partial charge in [0.2, 0.25) is 5.91 Å². The number of fused-ring (bicyclic) bond motifs is 1. The molecule has 1 aliphatic carbocycles. The van der Waals surface area contributed by atoms with Gasteiger partial charge in [0.15, 0.2) is 5.65 Å². The van der Waals surface area contributed by atoms with E-state index in [0.29, 0.717) is 31.2 Å². The summed E-state index contributed by atoms with van der Waals surface area (Å²) in [7, 11) is 0. The van der Waals surface area contributed by atoms with E-state index < -0.39 is 0 Å². The number of rotatable bonds is 6. The number of aromatic nitrogens is 4. The first-order chi connectivity index (χ1) is 16.2. The van der Waals surface area contributed by atoms with Gasteiger partial charge in [-0.25, -0.2) is 4.98 Å². The number of benzene rings is 1. The number of pyridine rings is 1. The van der Waals surface area contributed by atoms with Gasteiger partial charge in [0.25, 0.3) is 0 Å². The van der Waals surface area contributed by atoms with E-state index in [2.05, 4.69) is 39.7 Å². The van der Waals surface area contributed by atoms with Crippen LogP contribution in [0.25, 0.3) is 16.9 Å². The second-order valence-electron chi connectivity index (χ2n) is 8.84. The monoisotopic (exact) mass is 439 g/mol. The van der Waals surface area contributed by atoms with E-state index in [9.17, 15) is 4.79 Å². The maximum Gasteiger partial charge on any atom is 0.229 e. The molecule has 1 amide bonds. The molecule has 0 bridgehead atoms. The number of amides is 1. The van der Waals surface area contributed by atoms with Crippen LogP contribution in [0.15, 0.2) is 60.9 Å². The summed E-state index contributed by atoms with van der Waals surface area (Å²) in [5.74, 6) is 1.97. The van der Waals surface area contributed by atoms with Gasteiger partial charge in [0, 0.05) is 48.9 Å². The van der Waals surface area contributed by atoms with E-state index in [1.54, 1.807) is 11.1 Å². The highest BCUT2D eigenvalue weighted by Gasteiger charge is 2.32. The Balaban J connectivity index is 1.29. The van der Waals surface area contributed by atoms with Crippen LogP contribution in [0.1, 0.15) is 36.3 Å². The Morgan fingerprint density at radius 1 is 1.12 bits per heavy atom. The van der Waals surface area contributed by atoms with Crippen molar-refractivity contribution in [1.82, 2.24) is 19.6 Å². The van der Waals surface area contributed by atoms with Crippen LogP contribution in [0, 0.1) is 0 Å². The quantitative estimate of drug-likeness (QED) is 0.478. The van der Waals surface area contributed by atoms with E-state index in [0.717, 1.165) is 46.7 Å². The minimum absolute atomic E-state index is 0.0166. The van der Waals surface area contributed by atoms with Crippen LogP contribution in [-0.2, 0) is 11.3 Å². The first-order valence-corrected chi connectivity index (χ1v) is 11.3. The lowest BCUT2D eigenvalue weighted by Gasteiger charge is -2.18. The molecule has 1 saturated heterocycles. The molecule has 0 spiro atoms. The number of carbonyl (C=O) groups excluding carboxylic acids is 1. The van der Waals surface area contributed by atoms with Gasteiger partial charge in [-0.1, -0.05) is 30.3 Å². The summed E-state index contributed by atoms with van der Waals surface area (Å²) in [6.45, 7) is 1.11. The van der Waals surface area contributed by atoms with Crippen LogP contribution in [-0.4, -0.2) is 38.1 Å². The van der Waals surface area contributed by atoms with Crippen molar-refractivity contribution in [2.45, 2.75) is 37.8 Å². The molecule has 3 N–H and O–H groups in total. The van der Waals surface area contributed by atoms with E-state index in [1.165, 1.54) is 0 Å². The highest BCUT2D eigenvalue weighted by atomic mass is 16.2. The Labute approximate surface area is 191 Å². The molecule has 1 aliphatic heterocycles. The number of anilines is 2. The standard InChI is InChI=1S/C25H25N7O/c26-19-11-24(33)31(15-19)23-12-22(32-25(30-23)20(14-29-32)17-8-9-17)28-13-16-4-6-18(7-5-16)21-3-1-2-10-27-21/h1-7,10,12,14,17,19,28H,8-9,11,13,15,26H2/t19-/m0/s1. The lowest BCUT2D eigenvalue weighted by Crippen LogP contribution is -2.29. The van der Waals surface area contributed by atoms with Gasteiger partial charge in [-0.15, -0.1) is 0 Å². The highest BCUT2D eigenvalue weighted by Crippen LogP contribution is 2.42. The van der Waals surface area contributed by atoms with Gasteiger partial charge in [0.05, 0.1) is 11.9 Å². The summed E-state index contributed by atoms with van der Waals surface area (Å²) in [5.41, 5.74) is 11.2. The van der Waals surface area contributed by atoms with E-state index in [-0.39, 0.29) is 11.9 Å². The molecule has 4 aromatic rings. The summed E-state index contributed by atoms with van der Waals surface area (Å²) < 4.78 is 1.85. The molecule has 2 aliphatic rings. The number of carbonyl (C=O) groups is 1. The minimum Gasteiger partial charge on any atom is -0.366 e. The third-order valence-corrected chi connectivity index (χ3v) is 6.32. The third kappa shape index (κ3) is 3.82. The Kier molecular flexibility index (Phi) is 4.80. The zero-order chi connectivity index (χ0) is 22.4. The summed E-state index contributed by atoms with van der Waals surface area (Å²) >= 11 is 0. The normalized spacial score (nSPS) is 18.3. The lowest BCUT2D eigenvalue weighted by molar-refractivity contribution is -0.117. The van der Waals surface area contributed by atoms with Crippen LogP contribution in [0.4, 0.5) is 11.6 Å². The van der Waals surface area contributed by atoms with E-state index in [4.69, 9.17) is 10.7 Å². The Morgan fingerprint density at radius 2 is 1.97 bits per heavy atom. The average Bonchev–Trinajstić information content (AvgIpc) is 3.50. The van der Waals surface area contributed by atoms with Crippen LogP contribution in [0.5, 0.6) is 0 Å². The molecule has 4 heterocycles. The molecular weight excluding hydrogens is 414 g/mol. The molecule has 1 atom stereocenters. The number of hydrogen-bond donors (Lipinski definition) is 2. The van der Waals surface area contributed by atoms with Crippen molar-refractivity contribution in [3.8, 4) is 11.3 Å². The van der Waals surface area contributed by atoms with Gasteiger partial charge >= 0.3 is 0 Å². The van der Waals surface area contributed by atoms with Crippen molar-refractivity contribution in [3.63, 3.8) is 0 Å². The van der Waals surface area contributed by atoms with Crippen molar-refractivity contribution in [1.29, 1.82) is 0 Å². The average molecular weight is 440 g/mol. The van der Waals surface area contributed by atoms with Gasteiger partial charge in [-0.05, 0) is 36.5 Å².